The average molecular weight is 251 g/mol. The van der Waals surface area contributed by atoms with E-state index in [0.29, 0.717) is 24.4 Å². The predicted molar refractivity (Wildman–Crippen MR) is 74.1 cm³/mol. The van der Waals surface area contributed by atoms with E-state index in [1.54, 1.807) is 0 Å². The number of aryl methyl sites for hydroxylation is 1. The maximum atomic E-state index is 5.48. The summed E-state index contributed by atoms with van der Waals surface area (Å²) in [6, 6.07) is 2.40. The molecule has 0 aliphatic rings. The van der Waals surface area contributed by atoms with E-state index >= 15 is 0 Å². The largest absolute Gasteiger partial charge is 0.478 e. The van der Waals surface area contributed by atoms with Gasteiger partial charge in [0, 0.05) is 18.0 Å². The molecule has 102 valence electrons. The van der Waals surface area contributed by atoms with Gasteiger partial charge in [-0.05, 0) is 26.8 Å². The molecule has 0 radical (unpaired) electrons. The van der Waals surface area contributed by atoms with Crippen molar-refractivity contribution < 1.29 is 4.74 Å². The first kappa shape index (κ1) is 14.9. The van der Waals surface area contributed by atoms with Gasteiger partial charge in [-0.3, -0.25) is 0 Å². The summed E-state index contributed by atoms with van der Waals surface area (Å²) < 4.78 is 5.48. The van der Waals surface area contributed by atoms with E-state index in [-0.39, 0.29) is 0 Å². The van der Waals surface area contributed by atoms with Gasteiger partial charge in [0.1, 0.15) is 5.82 Å². The van der Waals surface area contributed by atoms with Crippen LogP contribution in [0.1, 0.15) is 51.6 Å². The number of ether oxygens (including phenoxy) is 1. The maximum absolute atomic E-state index is 5.48. The molecule has 0 aliphatic carbocycles. The SMILES string of the molecule is CCNC(CC)C(C)c1cc(OCC)nc(C)n1. The molecule has 1 aromatic heterocycles. The number of rotatable bonds is 7. The molecule has 1 aromatic rings. The first-order valence-corrected chi connectivity index (χ1v) is 6.84. The molecule has 2 unspecified atom stereocenters. The minimum Gasteiger partial charge on any atom is -0.478 e. The van der Waals surface area contributed by atoms with Gasteiger partial charge in [0.15, 0.2) is 0 Å². The molecule has 2 atom stereocenters. The van der Waals surface area contributed by atoms with Crippen LogP contribution in [0.5, 0.6) is 5.88 Å². The molecule has 0 saturated carbocycles. The Labute approximate surface area is 110 Å². The van der Waals surface area contributed by atoms with Crippen molar-refractivity contribution in [2.45, 2.75) is 53.0 Å². The Balaban J connectivity index is 2.92. The van der Waals surface area contributed by atoms with Crippen LogP contribution in [0.4, 0.5) is 0 Å². The second-order valence-corrected chi connectivity index (χ2v) is 4.47. The number of nitrogens with one attached hydrogen (secondary N) is 1. The molecule has 0 aliphatic heterocycles. The van der Waals surface area contributed by atoms with Crippen molar-refractivity contribution in [1.29, 1.82) is 0 Å². The molecule has 18 heavy (non-hydrogen) atoms. The number of likely N-dealkylation sites (N-methyl/N-ethyl adjacent to an activating group) is 1. The van der Waals surface area contributed by atoms with Gasteiger partial charge >= 0.3 is 0 Å². The Morgan fingerprint density at radius 3 is 2.56 bits per heavy atom. The van der Waals surface area contributed by atoms with Crippen LogP contribution >= 0.6 is 0 Å². The number of hydrogen-bond donors (Lipinski definition) is 1. The highest BCUT2D eigenvalue weighted by Crippen LogP contribution is 2.22. The third-order valence-corrected chi connectivity index (χ3v) is 3.10. The molecule has 4 heteroatoms. The Morgan fingerprint density at radius 2 is 2.00 bits per heavy atom. The maximum Gasteiger partial charge on any atom is 0.216 e. The second-order valence-electron chi connectivity index (χ2n) is 4.47. The summed E-state index contributed by atoms with van der Waals surface area (Å²) >= 11 is 0. The fourth-order valence-corrected chi connectivity index (χ4v) is 2.16. The van der Waals surface area contributed by atoms with Crippen LogP contribution in [0.2, 0.25) is 0 Å². The molecule has 0 fully saturated rings. The lowest BCUT2D eigenvalue weighted by Crippen LogP contribution is -2.33. The Kier molecular flexibility index (Phi) is 6.05. The summed E-state index contributed by atoms with van der Waals surface area (Å²) in [6.45, 7) is 12.0. The fraction of sp³-hybridized carbons (Fsp3) is 0.714. The van der Waals surface area contributed by atoms with Gasteiger partial charge in [0.05, 0.1) is 12.3 Å². The first-order chi connectivity index (χ1) is 8.62. The summed E-state index contributed by atoms with van der Waals surface area (Å²) in [5, 5.41) is 3.50. The van der Waals surface area contributed by atoms with E-state index in [1.807, 2.05) is 19.9 Å². The molecule has 0 amide bonds. The number of hydrogen-bond acceptors (Lipinski definition) is 4. The van der Waals surface area contributed by atoms with Crippen molar-refractivity contribution in [2.24, 2.45) is 0 Å². The first-order valence-electron chi connectivity index (χ1n) is 6.84. The monoisotopic (exact) mass is 251 g/mol. The van der Waals surface area contributed by atoms with Gasteiger partial charge in [-0.2, -0.15) is 4.98 Å². The van der Waals surface area contributed by atoms with E-state index in [1.165, 1.54) is 0 Å². The molecule has 4 nitrogen and oxygen atoms in total. The van der Waals surface area contributed by atoms with Crippen LogP contribution in [-0.2, 0) is 0 Å². The quantitative estimate of drug-likeness (QED) is 0.809. The number of aromatic nitrogens is 2. The van der Waals surface area contributed by atoms with Gasteiger partial charge in [0.2, 0.25) is 5.88 Å². The predicted octanol–water partition coefficient (Wildman–Crippen LogP) is 2.68. The van der Waals surface area contributed by atoms with Crippen LogP contribution in [0, 0.1) is 6.92 Å². The van der Waals surface area contributed by atoms with Gasteiger partial charge in [-0.1, -0.05) is 20.8 Å². The van der Waals surface area contributed by atoms with Crippen molar-refractivity contribution in [3.8, 4) is 5.88 Å². The Morgan fingerprint density at radius 1 is 1.28 bits per heavy atom. The molecule has 0 saturated heterocycles. The summed E-state index contributed by atoms with van der Waals surface area (Å²) in [5.74, 6) is 1.81. The smallest absolute Gasteiger partial charge is 0.216 e. The fourth-order valence-electron chi connectivity index (χ4n) is 2.16. The van der Waals surface area contributed by atoms with E-state index < -0.39 is 0 Å². The summed E-state index contributed by atoms with van der Waals surface area (Å²) in [4.78, 5) is 8.82. The summed E-state index contributed by atoms with van der Waals surface area (Å²) in [5.41, 5.74) is 1.05. The van der Waals surface area contributed by atoms with Gasteiger partial charge < -0.3 is 10.1 Å². The van der Waals surface area contributed by atoms with E-state index in [9.17, 15) is 0 Å². The van der Waals surface area contributed by atoms with Crippen molar-refractivity contribution in [2.75, 3.05) is 13.2 Å². The zero-order valence-electron chi connectivity index (χ0n) is 12.2. The summed E-state index contributed by atoms with van der Waals surface area (Å²) in [7, 11) is 0. The second kappa shape index (κ2) is 7.31. The molecule has 0 spiro atoms. The van der Waals surface area contributed by atoms with Gasteiger partial charge in [-0.25, -0.2) is 4.98 Å². The van der Waals surface area contributed by atoms with Crippen LogP contribution in [0.15, 0.2) is 6.07 Å². The zero-order valence-corrected chi connectivity index (χ0v) is 12.2. The highest BCUT2D eigenvalue weighted by atomic mass is 16.5. The molecular formula is C14H25N3O. The van der Waals surface area contributed by atoms with Crippen LogP contribution in [0.3, 0.4) is 0 Å². The molecule has 1 rings (SSSR count). The van der Waals surface area contributed by atoms with Crippen molar-refractivity contribution in [3.63, 3.8) is 0 Å². The lowest BCUT2D eigenvalue weighted by Gasteiger charge is -2.23. The topological polar surface area (TPSA) is 47.0 Å². The van der Waals surface area contributed by atoms with Gasteiger partial charge in [-0.15, -0.1) is 0 Å². The highest BCUT2D eigenvalue weighted by Gasteiger charge is 2.18. The minimum absolute atomic E-state index is 0.357. The minimum atomic E-state index is 0.357. The third-order valence-electron chi connectivity index (χ3n) is 3.10. The standard InChI is InChI=1S/C14H25N3O/c1-6-12(15-7-2)10(4)13-9-14(18-8-3)17-11(5)16-13/h9-10,12,15H,6-8H2,1-5H3. The van der Waals surface area contributed by atoms with Crippen LogP contribution in [-0.4, -0.2) is 29.2 Å². The molecule has 1 heterocycles. The van der Waals surface area contributed by atoms with Crippen molar-refractivity contribution >= 4 is 0 Å². The average Bonchev–Trinajstić information content (AvgIpc) is 2.35. The van der Waals surface area contributed by atoms with E-state index in [4.69, 9.17) is 4.74 Å². The van der Waals surface area contributed by atoms with Gasteiger partial charge in [0.25, 0.3) is 0 Å². The Hall–Kier alpha value is -1.16. The molecular weight excluding hydrogens is 226 g/mol. The highest BCUT2D eigenvalue weighted by molar-refractivity contribution is 5.20. The number of nitrogens with zero attached hydrogens (tertiary/aromatic N) is 2. The molecule has 0 aromatic carbocycles. The zero-order chi connectivity index (χ0) is 13.5. The third kappa shape index (κ3) is 3.95. The summed E-state index contributed by atoms with van der Waals surface area (Å²) in [6.07, 6.45) is 1.09. The van der Waals surface area contributed by atoms with E-state index in [0.717, 1.165) is 24.5 Å². The lowest BCUT2D eigenvalue weighted by atomic mass is 9.95. The normalized spacial score (nSPS) is 14.3. The van der Waals surface area contributed by atoms with Crippen LogP contribution < -0.4 is 10.1 Å². The lowest BCUT2D eigenvalue weighted by molar-refractivity contribution is 0.323. The van der Waals surface area contributed by atoms with Crippen molar-refractivity contribution in [3.05, 3.63) is 17.6 Å². The Bertz CT molecular complexity index is 368. The molecule has 0 bridgehead atoms. The van der Waals surface area contributed by atoms with Crippen molar-refractivity contribution in [1.82, 2.24) is 15.3 Å². The van der Waals surface area contributed by atoms with Crippen LogP contribution in [0.25, 0.3) is 0 Å². The van der Waals surface area contributed by atoms with E-state index in [2.05, 4.69) is 36.1 Å². The molecule has 1 N–H and O–H groups in total.